The number of nitrogens with zero attached hydrogens (tertiary/aromatic N) is 1. The van der Waals surface area contributed by atoms with Gasteiger partial charge in [-0.1, -0.05) is 30.3 Å². The Balaban J connectivity index is 0.000000410. The SMILES string of the molecule is COc1ccc(-c2cc(CNC(C)(C)C)c(O)c(-c3ccccc3)c2)cn1.O=C(O)C(O)C(O)C(=O)O. The van der Waals surface area contributed by atoms with Crippen LogP contribution in [0.1, 0.15) is 26.3 Å². The van der Waals surface area contributed by atoms with E-state index in [9.17, 15) is 14.7 Å². The van der Waals surface area contributed by atoms with Gasteiger partial charge in [0.15, 0.2) is 12.2 Å². The molecule has 1 aromatic heterocycles. The highest BCUT2D eigenvalue weighted by atomic mass is 16.5. The molecule has 2 aromatic carbocycles. The van der Waals surface area contributed by atoms with Crippen molar-refractivity contribution in [3.63, 3.8) is 0 Å². The van der Waals surface area contributed by atoms with Gasteiger partial charge >= 0.3 is 11.9 Å². The molecule has 1 heterocycles. The van der Waals surface area contributed by atoms with Gasteiger partial charge in [0.1, 0.15) is 5.75 Å². The number of aromatic hydroxyl groups is 1. The molecule has 0 amide bonds. The van der Waals surface area contributed by atoms with Crippen LogP contribution < -0.4 is 10.1 Å². The van der Waals surface area contributed by atoms with Gasteiger partial charge in [-0.3, -0.25) is 0 Å². The number of ether oxygens (including phenoxy) is 1. The lowest BCUT2D eigenvalue weighted by molar-refractivity contribution is -0.165. The molecule has 3 rings (SSSR count). The molecule has 0 saturated carbocycles. The third kappa shape index (κ3) is 8.57. The highest BCUT2D eigenvalue weighted by Crippen LogP contribution is 2.37. The molecule has 0 spiro atoms. The van der Waals surface area contributed by atoms with E-state index in [0.29, 0.717) is 18.2 Å². The Labute approximate surface area is 214 Å². The predicted molar refractivity (Wildman–Crippen MR) is 137 cm³/mol. The number of aromatic nitrogens is 1. The van der Waals surface area contributed by atoms with Crippen molar-refractivity contribution in [2.45, 2.75) is 45.1 Å². The van der Waals surface area contributed by atoms with Gasteiger partial charge in [-0.2, -0.15) is 0 Å². The van der Waals surface area contributed by atoms with Crippen molar-refractivity contribution in [1.82, 2.24) is 10.3 Å². The molecule has 10 nitrogen and oxygen atoms in total. The normalized spacial score (nSPS) is 12.6. The lowest BCUT2D eigenvalue weighted by Gasteiger charge is -2.22. The Morgan fingerprint density at radius 1 is 0.919 bits per heavy atom. The minimum atomic E-state index is -2.27. The fourth-order valence-electron chi connectivity index (χ4n) is 3.14. The summed E-state index contributed by atoms with van der Waals surface area (Å²) in [5.41, 5.74) is 4.59. The highest BCUT2D eigenvalue weighted by molar-refractivity contribution is 5.83. The van der Waals surface area contributed by atoms with Gasteiger partial charge in [0.2, 0.25) is 5.88 Å². The second kappa shape index (κ2) is 12.8. The number of carboxylic acids is 2. The van der Waals surface area contributed by atoms with Crippen LogP contribution in [0.15, 0.2) is 60.8 Å². The van der Waals surface area contributed by atoms with Crippen LogP contribution in [0.2, 0.25) is 0 Å². The van der Waals surface area contributed by atoms with E-state index >= 15 is 0 Å². The molecule has 0 saturated heterocycles. The highest BCUT2D eigenvalue weighted by Gasteiger charge is 2.29. The fraction of sp³-hybridized carbons (Fsp3) is 0.296. The molecule has 0 aliphatic rings. The number of pyridine rings is 1. The first kappa shape index (κ1) is 29.2. The fourth-order valence-corrected chi connectivity index (χ4v) is 3.14. The van der Waals surface area contributed by atoms with E-state index in [0.717, 1.165) is 27.8 Å². The number of phenols is 1. The van der Waals surface area contributed by atoms with E-state index < -0.39 is 24.1 Å². The molecule has 0 aliphatic carbocycles. The van der Waals surface area contributed by atoms with Gasteiger partial charge in [0, 0.05) is 41.0 Å². The van der Waals surface area contributed by atoms with Crippen LogP contribution in [0.5, 0.6) is 11.6 Å². The maximum absolute atomic E-state index is 10.9. The minimum absolute atomic E-state index is 0.0446. The van der Waals surface area contributed by atoms with Crippen LogP contribution in [0, 0.1) is 0 Å². The molecule has 37 heavy (non-hydrogen) atoms. The molecule has 0 radical (unpaired) electrons. The third-order valence-corrected chi connectivity index (χ3v) is 5.17. The number of aliphatic hydroxyl groups excluding tert-OH is 2. The Bertz CT molecular complexity index is 1170. The van der Waals surface area contributed by atoms with Gasteiger partial charge in [0.25, 0.3) is 0 Å². The van der Waals surface area contributed by atoms with E-state index in [2.05, 4.69) is 31.1 Å². The van der Waals surface area contributed by atoms with E-state index in [1.54, 1.807) is 13.3 Å². The molecule has 0 fully saturated rings. The summed E-state index contributed by atoms with van der Waals surface area (Å²) in [7, 11) is 1.60. The van der Waals surface area contributed by atoms with Crippen molar-refractivity contribution in [3.05, 3.63) is 66.4 Å². The quantitative estimate of drug-likeness (QED) is 0.264. The van der Waals surface area contributed by atoms with Gasteiger partial charge < -0.3 is 35.6 Å². The molecular weight excluding hydrogens is 480 g/mol. The number of nitrogens with one attached hydrogen (secondary N) is 1. The van der Waals surface area contributed by atoms with E-state index in [4.69, 9.17) is 25.2 Å². The third-order valence-electron chi connectivity index (χ3n) is 5.17. The second-order valence-corrected chi connectivity index (χ2v) is 9.16. The summed E-state index contributed by atoms with van der Waals surface area (Å²) in [5.74, 6) is -2.65. The summed E-state index contributed by atoms with van der Waals surface area (Å²) in [6, 6.07) is 17.8. The number of carbonyl (C=O) groups is 2. The van der Waals surface area contributed by atoms with Crippen molar-refractivity contribution >= 4 is 11.9 Å². The number of aliphatic carboxylic acids is 2. The minimum Gasteiger partial charge on any atom is -0.507 e. The largest absolute Gasteiger partial charge is 0.507 e. The summed E-state index contributed by atoms with van der Waals surface area (Å²) in [6.07, 6.45) is -2.74. The number of hydrogen-bond acceptors (Lipinski definition) is 8. The number of hydrogen-bond donors (Lipinski definition) is 6. The van der Waals surface area contributed by atoms with E-state index in [1.807, 2.05) is 54.6 Å². The Kier molecular flexibility index (Phi) is 10.1. The number of aliphatic hydroxyl groups is 2. The van der Waals surface area contributed by atoms with Crippen molar-refractivity contribution in [3.8, 4) is 33.9 Å². The molecule has 198 valence electrons. The zero-order valence-corrected chi connectivity index (χ0v) is 21.0. The molecule has 6 N–H and O–H groups in total. The summed E-state index contributed by atoms with van der Waals surface area (Å²) in [4.78, 5) is 23.9. The number of methoxy groups -OCH3 is 1. The Hall–Kier alpha value is -3.99. The van der Waals surface area contributed by atoms with Crippen LogP contribution in [0.3, 0.4) is 0 Å². The van der Waals surface area contributed by atoms with Gasteiger partial charge in [-0.15, -0.1) is 0 Å². The van der Waals surface area contributed by atoms with E-state index in [1.165, 1.54) is 0 Å². The van der Waals surface area contributed by atoms with Crippen LogP contribution in [0.4, 0.5) is 0 Å². The Morgan fingerprint density at radius 2 is 1.51 bits per heavy atom. The molecule has 2 atom stereocenters. The molecule has 10 heteroatoms. The lowest BCUT2D eigenvalue weighted by atomic mass is 9.95. The zero-order chi connectivity index (χ0) is 27.8. The lowest BCUT2D eigenvalue weighted by Crippen LogP contribution is -2.39. The van der Waals surface area contributed by atoms with Crippen molar-refractivity contribution < 1.29 is 39.9 Å². The van der Waals surface area contributed by atoms with Crippen LogP contribution in [-0.4, -0.2) is 67.3 Å². The monoisotopic (exact) mass is 512 g/mol. The average Bonchev–Trinajstić information content (AvgIpc) is 2.87. The van der Waals surface area contributed by atoms with Crippen LogP contribution in [0.25, 0.3) is 22.3 Å². The molecular formula is C27H32N2O8. The molecule has 2 unspecified atom stereocenters. The topological polar surface area (TPSA) is 169 Å². The van der Waals surface area contributed by atoms with Gasteiger partial charge in [-0.25, -0.2) is 14.6 Å². The molecule has 0 aliphatic heterocycles. The number of benzene rings is 2. The summed E-state index contributed by atoms with van der Waals surface area (Å²) in [6.45, 7) is 6.91. The van der Waals surface area contributed by atoms with Crippen molar-refractivity contribution in [1.29, 1.82) is 0 Å². The van der Waals surface area contributed by atoms with Crippen molar-refractivity contribution in [2.75, 3.05) is 7.11 Å². The predicted octanol–water partition coefficient (Wildman–Crippen LogP) is 2.90. The zero-order valence-electron chi connectivity index (χ0n) is 21.0. The number of phenolic OH excluding ortho intramolecular Hbond substituents is 1. The first-order chi connectivity index (χ1) is 17.3. The van der Waals surface area contributed by atoms with E-state index in [-0.39, 0.29) is 5.54 Å². The summed E-state index contributed by atoms with van der Waals surface area (Å²) in [5, 5.41) is 46.9. The summed E-state index contributed by atoms with van der Waals surface area (Å²) < 4.78 is 5.16. The first-order valence-electron chi connectivity index (χ1n) is 11.3. The first-order valence-corrected chi connectivity index (χ1v) is 11.3. The van der Waals surface area contributed by atoms with Crippen molar-refractivity contribution in [2.24, 2.45) is 0 Å². The maximum atomic E-state index is 10.9. The molecule has 0 bridgehead atoms. The standard InChI is InChI=1S/C23H26N2O2.C4H6O6/c1-23(2,3)25-15-19-12-18(17-10-11-21(27-4)24-14-17)13-20(22(19)26)16-8-6-5-7-9-16;5-1(3(7)8)2(6)4(9)10/h5-14,25-26H,15H2,1-4H3;1-2,5-6H,(H,7,8)(H,9,10). The molecule has 3 aromatic rings. The van der Waals surface area contributed by atoms with Gasteiger partial charge in [-0.05, 0) is 50.1 Å². The summed E-state index contributed by atoms with van der Waals surface area (Å²) >= 11 is 0. The maximum Gasteiger partial charge on any atom is 0.335 e. The average molecular weight is 513 g/mol. The second-order valence-electron chi connectivity index (χ2n) is 9.16. The number of rotatable bonds is 8. The number of carboxylic acid groups (broad SMARTS) is 2. The van der Waals surface area contributed by atoms with Crippen LogP contribution >= 0.6 is 0 Å². The van der Waals surface area contributed by atoms with Gasteiger partial charge in [0.05, 0.1) is 7.11 Å². The Morgan fingerprint density at radius 3 is 1.97 bits per heavy atom. The van der Waals surface area contributed by atoms with Crippen LogP contribution in [-0.2, 0) is 16.1 Å². The smallest absolute Gasteiger partial charge is 0.335 e.